The minimum absolute atomic E-state index is 0.00752. The van der Waals surface area contributed by atoms with E-state index in [4.69, 9.17) is 0 Å². The average Bonchev–Trinajstić information content (AvgIpc) is 2.39. The van der Waals surface area contributed by atoms with Gasteiger partial charge in [0.2, 0.25) is 0 Å². The van der Waals surface area contributed by atoms with Crippen molar-refractivity contribution in [3.8, 4) is 0 Å². The highest BCUT2D eigenvalue weighted by Gasteiger charge is 2.14. The Balaban J connectivity index is 2.51. The Morgan fingerprint density at radius 1 is 1.32 bits per heavy atom. The van der Waals surface area contributed by atoms with E-state index in [0.29, 0.717) is 5.56 Å². The van der Waals surface area contributed by atoms with E-state index >= 15 is 0 Å². The maximum Gasteiger partial charge on any atom is 0.321 e. The number of carbonyl (C=O) groups is 2. The molecule has 0 spiro atoms. The predicted molar refractivity (Wildman–Crippen MR) is 64.2 cm³/mol. The fraction of sp³-hybridized carbons (Fsp3) is 0.333. The molecule has 0 aliphatic heterocycles. The number of quaternary nitrogens is 1. The number of benzene rings is 1. The first-order valence-corrected chi connectivity index (χ1v) is 5.74. The summed E-state index contributed by atoms with van der Waals surface area (Å²) in [6.07, 6.45) is 0. The summed E-state index contributed by atoms with van der Waals surface area (Å²) in [5.41, 5.74) is 0.562. The van der Waals surface area contributed by atoms with E-state index < -0.39 is 23.6 Å². The van der Waals surface area contributed by atoms with Gasteiger partial charge in [-0.2, -0.15) is 0 Å². The molecule has 0 aliphatic carbocycles. The standard InChI is InChI=1S/C12H15F2N3O2/c1-7(8-3-4-9(13)10(14)5-8)16-6-11(18)17-12(19)15-2/h3-5,7,16H,6H2,1-2H3,(H2,15,17,18,19)/p+1/t7-/m1/s1. The van der Waals surface area contributed by atoms with E-state index in [0.717, 1.165) is 12.1 Å². The first-order valence-electron chi connectivity index (χ1n) is 5.74. The Morgan fingerprint density at radius 3 is 2.58 bits per heavy atom. The van der Waals surface area contributed by atoms with E-state index in [2.05, 4.69) is 10.6 Å². The van der Waals surface area contributed by atoms with Crippen LogP contribution in [0.15, 0.2) is 18.2 Å². The number of imide groups is 1. The molecule has 0 unspecified atom stereocenters. The summed E-state index contributed by atoms with van der Waals surface area (Å²) in [4.78, 5) is 22.2. The Morgan fingerprint density at radius 2 is 2.00 bits per heavy atom. The molecule has 5 nitrogen and oxygen atoms in total. The second-order valence-corrected chi connectivity index (χ2v) is 4.03. The zero-order chi connectivity index (χ0) is 14.4. The van der Waals surface area contributed by atoms with Gasteiger partial charge in [-0.25, -0.2) is 13.6 Å². The van der Waals surface area contributed by atoms with Crippen molar-refractivity contribution in [3.63, 3.8) is 0 Å². The number of halogens is 2. The number of hydrogen-bond donors (Lipinski definition) is 3. The van der Waals surface area contributed by atoms with E-state index in [9.17, 15) is 18.4 Å². The van der Waals surface area contributed by atoms with Crippen LogP contribution < -0.4 is 16.0 Å². The van der Waals surface area contributed by atoms with Gasteiger partial charge in [0.1, 0.15) is 6.04 Å². The van der Waals surface area contributed by atoms with Crippen LogP contribution in [-0.4, -0.2) is 25.5 Å². The van der Waals surface area contributed by atoms with E-state index in [1.165, 1.54) is 13.1 Å². The summed E-state index contributed by atoms with van der Waals surface area (Å²) in [6, 6.07) is 2.77. The summed E-state index contributed by atoms with van der Waals surface area (Å²) in [6.45, 7) is 1.76. The van der Waals surface area contributed by atoms with E-state index in [1.54, 1.807) is 12.2 Å². The highest BCUT2D eigenvalue weighted by atomic mass is 19.2. The Kier molecular flexibility index (Phi) is 5.37. The van der Waals surface area contributed by atoms with Gasteiger partial charge in [-0.1, -0.05) is 0 Å². The van der Waals surface area contributed by atoms with Crippen molar-refractivity contribution in [1.29, 1.82) is 0 Å². The number of amides is 3. The second-order valence-electron chi connectivity index (χ2n) is 4.03. The Labute approximate surface area is 109 Å². The van der Waals surface area contributed by atoms with Crippen molar-refractivity contribution in [3.05, 3.63) is 35.4 Å². The van der Waals surface area contributed by atoms with Gasteiger partial charge in [0, 0.05) is 12.6 Å². The third-order valence-corrected chi connectivity index (χ3v) is 2.61. The molecule has 0 saturated carbocycles. The van der Waals surface area contributed by atoms with Crippen molar-refractivity contribution in [2.45, 2.75) is 13.0 Å². The van der Waals surface area contributed by atoms with Crippen LogP contribution in [0.3, 0.4) is 0 Å². The van der Waals surface area contributed by atoms with Crippen LogP contribution in [-0.2, 0) is 4.79 Å². The van der Waals surface area contributed by atoms with Crippen molar-refractivity contribution in [2.24, 2.45) is 0 Å². The van der Waals surface area contributed by atoms with Crippen molar-refractivity contribution >= 4 is 11.9 Å². The molecular formula is C12H16F2N3O2+. The predicted octanol–water partition coefficient (Wildman–Crippen LogP) is 0.0448. The van der Waals surface area contributed by atoms with E-state index in [-0.39, 0.29) is 12.6 Å². The molecule has 19 heavy (non-hydrogen) atoms. The van der Waals surface area contributed by atoms with Crippen LogP contribution in [0, 0.1) is 11.6 Å². The number of rotatable bonds is 4. The molecule has 1 atom stereocenters. The second kappa shape index (κ2) is 6.79. The average molecular weight is 272 g/mol. The lowest BCUT2D eigenvalue weighted by Crippen LogP contribution is -2.87. The summed E-state index contributed by atoms with van der Waals surface area (Å²) in [5, 5.41) is 5.97. The van der Waals surface area contributed by atoms with Crippen molar-refractivity contribution in [1.82, 2.24) is 10.6 Å². The Bertz CT molecular complexity index is 480. The molecule has 7 heteroatoms. The van der Waals surface area contributed by atoms with Gasteiger partial charge in [-0.15, -0.1) is 0 Å². The molecule has 1 aromatic carbocycles. The molecule has 0 bridgehead atoms. The monoisotopic (exact) mass is 272 g/mol. The summed E-state index contributed by atoms with van der Waals surface area (Å²) in [5.74, 6) is -2.30. The van der Waals surface area contributed by atoms with E-state index in [1.807, 2.05) is 0 Å². The molecule has 0 saturated heterocycles. The SMILES string of the molecule is CNC(=O)NC(=O)C[NH2+][C@H](C)c1ccc(F)c(F)c1. The normalized spacial score (nSPS) is 11.8. The van der Waals surface area contributed by atoms with Gasteiger partial charge >= 0.3 is 6.03 Å². The van der Waals surface area contributed by atoms with Crippen LogP contribution in [0.5, 0.6) is 0 Å². The summed E-state index contributed by atoms with van der Waals surface area (Å²) < 4.78 is 25.8. The summed E-state index contributed by atoms with van der Waals surface area (Å²) >= 11 is 0. The van der Waals surface area contributed by atoms with Crippen LogP contribution in [0.25, 0.3) is 0 Å². The smallest absolute Gasteiger partial charge is 0.321 e. The molecule has 0 aromatic heterocycles. The van der Waals surface area contributed by atoms with Gasteiger partial charge < -0.3 is 10.6 Å². The lowest BCUT2D eigenvalue weighted by molar-refractivity contribution is -0.682. The fourth-order valence-electron chi connectivity index (χ4n) is 1.46. The lowest BCUT2D eigenvalue weighted by atomic mass is 10.1. The topological polar surface area (TPSA) is 74.8 Å². The molecule has 0 radical (unpaired) electrons. The van der Waals surface area contributed by atoms with Crippen molar-refractivity contribution in [2.75, 3.05) is 13.6 Å². The largest absolute Gasteiger partial charge is 0.341 e. The minimum atomic E-state index is -0.924. The van der Waals surface area contributed by atoms with Gasteiger partial charge in [-0.05, 0) is 25.1 Å². The van der Waals surface area contributed by atoms with Crippen LogP contribution in [0.2, 0.25) is 0 Å². The first kappa shape index (κ1) is 15.0. The van der Waals surface area contributed by atoms with Gasteiger partial charge in [0.25, 0.3) is 5.91 Å². The van der Waals surface area contributed by atoms with Gasteiger partial charge in [0.15, 0.2) is 18.2 Å². The molecule has 0 aliphatic rings. The minimum Gasteiger partial charge on any atom is -0.341 e. The zero-order valence-corrected chi connectivity index (χ0v) is 10.7. The highest BCUT2D eigenvalue weighted by molar-refractivity contribution is 5.94. The number of nitrogens with two attached hydrogens (primary N) is 1. The van der Waals surface area contributed by atoms with Crippen molar-refractivity contribution < 1.29 is 23.7 Å². The van der Waals surface area contributed by atoms with Gasteiger partial charge in [-0.3, -0.25) is 10.1 Å². The molecule has 1 aromatic rings. The van der Waals surface area contributed by atoms with Crippen LogP contribution in [0.1, 0.15) is 18.5 Å². The quantitative estimate of drug-likeness (QED) is 0.724. The third kappa shape index (κ3) is 4.63. The molecule has 0 heterocycles. The molecule has 1 rings (SSSR count). The number of carbonyl (C=O) groups excluding carboxylic acids is 2. The Hall–Kier alpha value is -2.02. The number of nitrogens with one attached hydrogen (secondary N) is 2. The first-order chi connectivity index (χ1) is 8.93. The van der Waals surface area contributed by atoms with Gasteiger partial charge in [0.05, 0.1) is 0 Å². The molecule has 0 fully saturated rings. The van der Waals surface area contributed by atoms with Crippen LogP contribution >= 0.6 is 0 Å². The summed E-state index contributed by atoms with van der Waals surface area (Å²) in [7, 11) is 1.40. The highest BCUT2D eigenvalue weighted by Crippen LogP contribution is 2.12. The lowest BCUT2D eigenvalue weighted by Gasteiger charge is -2.11. The third-order valence-electron chi connectivity index (χ3n) is 2.61. The molecule has 3 amide bonds. The number of hydrogen-bond acceptors (Lipinski definition) is 2. The number of urea groups is 1. The zero-order valence-electron chi connectivity index (χ0n) is 10.7. The maximum atomic E-state index is 13.0. The molecular weight excluding hydrogens is 256 g/mol. The molecule has 104 valence electrons. The maximum absolute atomic E-state index is 13.0. The molecule has 4 N–H and O–H groups in total. The fourth-order valence-corrected chi connectivity index (χ4v) is 1.46. The van der Waals surface area contributed by atoms with Crippen LogP contribution in [0.4, 0.5) is 13.6 Å².